The highest BCUT2D eigenvalue weighted by atomic mass is 16.4. The van der Waals surface area contributed by atoms with Crippen LogP contribution < -0.4 is 0 Å². The van der Waals surface area contributed by atoms with Crippen molar-refractivity contribution >= 4 is 0 Å². The van der Waals surface area contributed by atoms with Crippen molar-refractivity contribution in [3.63, 3.8) is 0 Å². The smallest absolute Gasteiger partial charge is 0.247 e. The monoisotopic (exact) mass is 320 g/mol. The number of nitrogens with zero attached hydrogens (tertiary/aromatic N) is 4. The van der Waals surface area contributed by atoms with Gasteiger partial charge < -0.3 is 4.42 Å². The van der Waals surface area contributed by atoms with Gasteiger partial charge in [-0.3, -0.25) is 9.88 Å². The lowest BCUT2D eigenvalue weighted by Gasteiger charge is -2.14. The maximum Gasteiger partial charge on any atom is 0.247 e. The average Bonchev–Trinajstić information content (AvgIpc) is 3.26. The molecule has 0 unspecified atom stereocenters. The lowest BCUT2D eigenvalue weighted by atomic mass is 10.1. The number of rotatable bonds is 4. The molecule has 1 saturated heterocycles. The van der Waals surface area contributed by atoms with Crippen LogP contribution in [0.1, 0.15) is 29.4 Å². The van der Waals surface area contributed by atoms with Crippen molar-refractivity contribution in [1.29, 1.82) is 0 Å². The van der Waals surface area contributed by atoms with Gasteiger partial charge in [0.1, 0.15) is 0 Å². The largest absolute Gasteiger partial charge is 0.420 e. The van der Waals surface area contributed by atoms with Gasteiger partial charge in [-0.15, -0.1) is 10.2 Å². The first-order chi connectivity index (χ1) is 11.8. The number of aryl methyl sites for hydroxylation is 1. The molecule has 3 aromatic rings. The van der Waals surface area contributed by atoms with E-state index in [-0.39, 0.29) is 0 Å². The highest BCUT2D eigenvalue weighted by Gasteiger charge is 2.28. The first-order valence-corrected chi connectivity index (χ1v) is 8.29. The van der Waals surface area contributed by atoms with E-state index in [1.165, 1.54) is 11.1 Å². The van der Waals surface area contributed by atoms with E-state index in [1.54, 1.807) is 6.20 Å². The Morgan fingerprint density at radius 3 is 2.83 bits per heavy atom. The van der Waals surface area contributed by atoms with Crippen molar-refractivity contribution in [2.24, 2.45) is 0 Å². The minimum Gasteiger partial charge on any atom is -0.420 e. The number of likely N-dealkylation sites (tertiary alicyclic amines) is 1. The summed E-state index contributed by atoms with van der Waals surface area (Å²) < 4.78 is 5.93. The highest BCUT2D eigenvalue weighted by molar-refractivity contribution is 5.52. The van der Waals surface area contributed by atoms with Gasteiger partial charge in [-0.05, 0) is 43.7 Å². The van der Waals surface area contributed by atoms with Gasteiger partial charge in [-0.25, -0.2) is 0 Å². The summed E-state index contributed by atoms with van der Waals surface area (Å²) in [6.07, 6.45) is 4.78. The molecule has 0 aliphatic carbocycles. The predicted octanol–water partition coefficient (Wildman–Crippen LogP) is 3.43. The second-order valence-electron chi connectivity index (χ2n) is 6.39. The molecule has 0 spiro atoms. The van der Waals surface area contributed by atoms with E-state index in [0.29, 0.717) is 11.8 Å². The number of hydrogen-bond acceptors (Lipinski definition) is 5. The summed E-state index contributed by atoms with van der Waals surface area (Å²) in [5.74, 6) is 1.67. The van der Waals surface area contributed by atoms with Gasteiger partial charge in [0, 0.05) is 31.0 Å². The summed E-state index contributed by atoms with van der Waals surface area (Å²) >= 11 is 0. The molecule has 0 N–H and O–H groups in total. The maximum atomic E-state index is 5.93. The molecule has 122 valence electrons. The van der Waals surface area contributed by atoms with Gasteiger partial charge >= 0.3 is 0 Å². The van der Waals surface area contributed by atoms with Crippen LogP contribution in [0.25, 0.3) is 11.5 Å². The standard InChI is InChI=1S/C19H20N4O/c1-14-4-6-16(7-5-14)18-21-22-19(24-18)17-8-10-23(13-17)12-15-3-2-9-20-11-15/h2-7,9,11,17H,8,10,12-13H2,1H3/t17-/m0/s1. The minimum atomic E-state index is 0.313. The third-order valence-electron chi connectivity index (χ3n) is 4.49. The van der Waals surface area contributed by atoms with Crippen LogP contribution in [-0.4, -0.2) is 33.2 Å². The Hall–Kier alpha value is -2.53. The van der Waals surface area contributed by atoms with Crippen LogP contribution in [0.4, 0.5) is 0 Å². The Morgan fingerprint density at radius 2 is 2.04 bits per heavy atom. The van der Waals surface area contributed by atoms with Gasteiger partial charge in [0.25, 0.3) is 0 Å². The summed E-state index contributed by atoms with van der Waals surface area (Å²) in [5.41, 5.74) is 3.44. The molecule has 1 fully saturated rings. The van der Waals surface area contributed by atoms with Crippen LogP contribution in [0.3, 0.4) is 0 Å². The Labute approximate surface area is 141 Å². The van der Waals surface area contributed by atoms with E-state index in [1.807, 2.05) is 24.4 Å². The van der Waals surface area contributed by atoms with Crippen molar-refractivity contribution in [3.05, 3.63) is 65.8 Å². The normalized spacial score (nSPS) is 18.1. The fraction of sp³-hybridized carbons (Fsp3) is 0.316. The van der Waals surface area contributed by atoms with E-state index in [0.717, 1.165) is 37.5 Å². The second-order valence-corrected chi connectivity index (χ2v) is 6.39. The molecule has 4 rings (SSSR count). The Bertz CT molecular complexity index is 798. The molecule has 0 radical (unpaired) electrons. The van der Waals surface area contributed by atoms with E-state index in [2.05, 4.69) is 45.2 Å². The number of aromatic nitrogens is 3. The summed E-state index contributed by atoms with van der Waals surface area (Å²) in [5, 5.41) is 8.51. The van der Waals surface area contributed by atoms with Crippen LogP contribution >= 0.6 is 0 Å². The van der Waals surface area contributed by atoms with Crippen LogP contribution in [0.15, 0.2) is 53.2 Å². The first kappa shape index (κ1) is 15.0. The topological polar surface area (TPSA) is 55.1 Å². The number of benzene rings is 1. The van der Waals surface area contributed by atoms with Crippen molar-refractivity contribution in [2.75, 3.05) is 13.1 Å². The first-order valence-electron chi connectivity index (χ1n) is 8.29. The van der Waals surface area contributed by atoms with Crippen molar-refractivity contribution in [3.8, 4) is 11.5 Å². The maximum absolute atomic E-state index is 5.93. The molecule has 5 nitrogen and oxygen atoms in total. The molecule has 24 heavy (non-hydrogen) atoms. The zero-order valence-electron chi connectivity index (χ0n) is 13.7. The molecule has 1 aliphatic heterocycles. The van der Waals surface area contributed by atoms with Crippen LogP contribution in [-0.2, 0) is 6.54 Å². The lowest BCUT2D eigenvalue weighted by Crippen LogP contribution is -2.19. The van der Waals surface area contributed by atoms with E-state index < -0.39 is 0 Å². The van der Waals surface area contributed by atoms with Gasteiger partial charge in [-0.2, -0.15) is 0 Å². The molecule has 5 heteroatoms. The van der Waals surface area contributed by atoms with Crippen molar-refractivity contribution < 1.29 is 4.42 Å². The molecular formula is C19H20N4O. The predicted molar refractivity (Wildman–Crippen MR) is 91.3 cm³/mol. The molecule has 0 saturated carbocycles. The quantitative estimate of drug-likeness (QED) is 0.737. The fourth-order valence-electron chi connectivity index (χ4n) is 3.14. The van der Waals surface area contributed by atoms with E-state index in [9.17, 15) is 0 Å². The lowest BCUT2D eigenvalue weighted by molar-refractivity contribution is 0.320. The van der Waals surface area contributed by atoms with Gasteiger partial charge in [0.05, 0.1) is 5.92 Å². The molecule has 3 heterocycles. The molecule has 1 aromatic carbocycles. The zero-order valence-corrected chi connectivity index (χ0v) is 13.7. The number of pyridine rings is 1. The van der Waals surface area contributed by atoms with E-state index >= 15 is 0 Å². The molecule has 1 aliphatic rings. The SMILES string of the molecule is Cc1ccc(-c2nnc([C@H]3CCN(Cc4cccnc4)C3)o2)cc1. The van der Waals surface area contributed by atoms with E-state index in [4.69, 9.17) is 4.42 Å². The number of hydrogen-bond donors (Lipinski definition) is 0. The zero-order chi connectivity index (χ0) is 16.4. The molecule has 2 aromatic heterocycles. The molecule has 1 atom stereocenters. The average molecular weight is 320 g/mol. The van der Waals surface area contributed by atoms with Gasteiger partial charge in [-0.1, -0.05) is 23.8 Å². The summed E-state index contributed by atoms with van der Waals surface area (Å²) in [4.78, 5) is 6.59. The van der Waals surface area contributed by atoms with Crippen LogP contribution in [0, 0.1) is 6.92 Å². The molecule has 0 bridgehead atoms. The Morgan fingerprint density at radius 1 is 1.17 bits per heavy atom. The minimum absolute atomic E-state index is 0.313. The highest BCUT2D eigenvalue weighted by Crippen LogP contribution is 2.29. The van der Waals surface area contributed by atoms with Crippen molar-refractivity contribution in [1.82, 2.24) is 20.1 Å². The van der Waals surface area contributed by atoms with Gasteiger partial charge in [0.15, 0.2) is 0 Å². The Kier molecular flexibility index (Phi) is 4.09. The third kappa shape index (κ3) is 3.21. The summed E-state index contributed by atoms with van der Waals surface area (Å²) in [7, 11) is 0. The molecular weight excluding hydrogens is 300 g/mol. The van der Waals surface area contributed by atoms with Crippen LogP contribution in [0.2, 0.25) is 0 Å². The fourth-order valence-corrected chi connectivity index (χ4v) is 3.14. The summed E-state index contributed by atoms with van der Waals surface area (Å²) in [6, 6.07) is 12.3. The van der Waals surface area contributed by atoms with Crippen molar-refractivity contribution in [2.45, 2.75) is 25.8 Å². The van der Waals surface area contributed by atoms with Gasteiger partial charge in [0.2, 0.25) is 11.8 Å². The third-order valence-corrected chi connectivity index (χ3v) is 4.49. The second kappa shape index (κ2) is 6.53. The summed E-state index contributed by atoms with van der Waals surface area (Å²) in [6.45, 7) is 4.98. The van der Waals surface area contributed by atoms with Crippen LogP contribution in [0.5, 0.6) is 0 Å². The molecule has 0 amide bonds. The Balaban J connectivity index is 1.43.